The van der Waals surface area contributed by atoms with Gasteiger partial charge in [0.25, 0.3) is 0 Å². The van der Waals surface area contributed by atoms with E-state index in [1.165, 1.54) is 35.1 Å². The van der Waals surface area contributed by atoms with Crippen LogP contribution in [0.1, 0.15) is 48.9 Å². The molecule has 14 heavy (non-hydrogen) atoms. The molecule has 0 saturated heterocycles. The first-order valence-corrected chi connectivity index (χ1v) is 5.62. The Morgan fingerprint density at radius 1 is 0.786 bits per heavy atom. The molecular formula is C14H20. The molecule has 0 unspecified atom stereocenters. The monoisotopic (exact) mass is 188 g/mol. The quantitative estimate of drug-likeness (QED) is 0.674. The van der Waals surface area contributed by atoms with Gasteiger partial charge < -0.3 is 0 Å². The molecule has 0 atom stereocenters. The Bertz CT molecular complexity index is 266. The molecule has 0 aromatic heterocycles. The van der Waals surface area contributed by atoms with Crippen molar-refractivity contribution in [3.8, 4) is 0 Å². The van der Waals surface area contributed by atoms with E-state index in [-0.39, 0.29) is 0 Å². The molecule has 0 aliphatic heterocycles. The maximum Gasteiger partial charge on any atom is -0.0111 e. The molecule has 0 amide bonds. The number of aryl methyl sites for hydroxylation is 4. The van der Waals surface area contributed by atoms with E-state index in [4.69, 9.17) is 0 Å². The number of hydrogen-bond donors (Lipinski definition) is 0. The Morgan fingerprint density at radius 3 is 1.43 bits per heavy atom. The molecule has 76 valence electrons. The average molecular weight is 188 g/mol. The first-order chi connectivity index (χ1) is 6.69. The molecule has 0 aliphatic rings. The molecule has 0 spiro atoms. The second kappa shape index (κ2) is 5.19. The normalized spacial score (nSPS) is 10.6. The van der Waals surface area contributed by atoms with Crippen LogP contribution in [0.4, 0.5) is 0 Å². The minimum atomic E-state index is 1.15. The van der Waals surface area contributed by atoms with Gasteiger partial charge in [-0.1, -0.05) is 26.7 Å². The largest absolute Gasteiger partial charge is 0.0651 e. The molecule has 0 heterocycles. The Kier molecular flexibility index (Phi) is 4.19. The van der Waals surface area contributed by atoms with Crippen molar-refractivity contribution in [3.63, 3.8) is 0 Å². The minimum absolute atomic E-state index is 1.15. The fourth-order valence-corrected chi connectivity index (χ4v) is 1.72. The van der Waals surface area contributed by atoms with Crippen LogP contribution in [0.5, 0.6) is 0 Å². The van der Waals surface area contributed by atoms with Crippen LogP contribution in [0.3, 0.4) is 0 Å². The Labute approximate surface area is 88.4 Å². The van der Waals surface area contributed by atoms with E-state index in [0.29, 0.717) is 0 Å². The highest BCUT2D eigenvalue weighted by Crippen LogP contribution is 2.17. The molecule has 0 N–H and O–H groups in total. The highest BCUT2D eigenvalue weighted by molar-refractivity contribution is 5.35. The van der Waals surface area contributed by atoms with Crippen LogP contribution < -0.4 is 0 Å². The topological polar surface area (TPSA) is 0 Å². The van der Waals surface area contributed by atoms with Crippen LogP contribution in [0, 0.1) is 26.0 Å². The summed E-state index contributed by atoms with van der Waals surface area (Å²) in [5.74, 6) is 0. The summed E-state index contributed by atoms with van der Waals surface area (Å²) in [5, 5.41) is 0. The van der Waals surface area contributed by atoms with E-state index in [1.807, 2.05) is 0 Å². The van der Waals surface area contributed by atoms with Gasteiger partial charge in [0.05, 0.1) is 0 Å². The highest BCUT2D eigenvalue weighted by Gasteiger charge is 2.04. The van der Waals surface area contributed by atoms with Gasteiger partial charge in [0.1, 0.15) is 0 Å². The minimum Gasteiger partial charge on any atom is -0.0651 e. The molecule has 0 bridgehead atoms. The van der Waals surface area contributed by atoms with E-state index in [0.717, 1.165) is 12.8 Å². The summed E-state index contributed by atoms with van der Waals surface area (Å²) >= 11 is 0. The molecule has 0 aliphatic carbocycles. The Morgan fingerprint density at radius 2 is 1.14 bits per heavy atom. The molecular weight excluding hydrogens is 168 g/mol. The summed E-state index contributed by atoms with van der Waals surface area (Å²) in [4.78, 5) is 0. The van der Waals surface area contributed by atoms with Crippen LogP contribution in [0.25, 0.3) is 0 Å². The maximum absolute atomic E-state index is 3.50. The summed E-state index contributed by atoms with van der Waals surface area (Å²) < 4.78 is 0. The maximum atomic E-state index is 3.50. The number of rotatable bonds is 4. The van der Waals surface area contributed by atoms with Gasteiger partial charge in [0.15, 0.2) is 0 Å². The lowest BCUT2D eigenvalue weighted by molar-refractivity contribution is 0.854. The molecule has 0 fully saturated rings. The summed E-state index contributed by atoms with van der Waals surface area (Å²) in [6, 6.07) is 7.00. The first-order valence-electron chi connectivity index (χ1n) is 5.62. The fourth-order valence-electron chi connectivity index (χ4n) is 1.72. The Hall–Kier alpha value is -0.780. The van der Waals surface area contributed by atoms with E-state index in [2.05, 4.69) is 39.8 Å². The number of benzene rings is 1. The predicted octanol–water partition coefficient (Wildman–Crippen LogP) is 3.81. The zero-order valence-corrected chi connectivity index (χ0v) is 9.83. The lowest BCUT2D eigenvalue weighted by Gasteiger charge is -2.10. The third-order valence-corrected chi connectivity index (χ3v) is 2.60. The smallest absolute Gasteiger partial charge is 0.0111 e. The average Bonchev–Trinajstić information content (AvgIpc) is 2.14. The summed E-state index contributed by atoms with van der Waals surface area (Å²) in [6.45, 7) is 8.69. The van der Waals surface area contributed by atoms with Crippen molar-refractivity contribution >= 4 is 0 Å². The van der Waals surface area contributed by atoms with Crippen molar-refractivity contribution in [2.75, 3.05) is 0 Å². The van der Waals surface area contributed by atoms with Crippen LogP contribution in [-0.2, 0) is 12.8 Å². The van der Waals surface area contributed by atoms with Gasteiger partial charge in [-0.3, -0.25) is 0 Å². The van der Waals surface area contributed by atoms with Gasteiger partial charge in [0, 0.05) is 0 Å². The molecule has 1 aromatic rings. The van der Waals surface area contributed by atoms with Gasteiger partial charge in [0.2, 0.25) is 0 Å². The lowest BCUT2D eigenvalue weighted by atomic mass is 9.94. The third-order valence-electron chi connectivity index (χ3n) is 2.60. The van der Waals surface area contributed by atoms with Crippen molar-refractivity contribution in [1.82, 2.24) is 0 Å². The molecule has 1 rings (SSSR count). The van der Waals surface area contributed by atoms with Crippen LogP contribution in [0.2, 0.25) is 0 Å². The Balaban J connectivity index is 3.03. The summed E-state index contributed by atoms with van der Waals surface area (Å²) in [7, 11) is 0. The summed E-state index contributed by atoms with van der Waals surface area (Å²) in [6.07, 6.45) is 4.69. The van der Waals surface area contributed by atoms with Gasteiger partial charge >= 0.3 is 0 Å². The first kappa shape index (κ1) is 11.3. The second-order valence-corrected chi connectivity index (χ2v) is 3.96. The van der Waals surface area contributed by atoms with Gasteiger partial charge in [-0.2, -0.15) is 0 Å². The SMILES string of the molecule is CCCc1[c]c(C)c(C)[c]c1CCC. The molecule has 0 heteroatoms. The molecule has 0 saturated carbocycles. The van der Waals surface area contributed by atoms with Crippen molar-refractivity contribution in [2.45, 2.75) is 53.4 Å². The van der Waals surface area contributed by atoms with Crippen molar-refractivity contribution < 1.29 is 0 Å². The molecule has 0 nitrogen and oxygen atoms in total. The van der Waals surface area contributed by atoms with Gasteiger partial charge in [-0.15, -0.1) is 0 Å². The fraction of sp³-hybridized carbons (Fsp3) is 0.571. The van der Waals surface area contributed by atoms with E-state index >= 15 is 0 Å². The van der Waals surface area contributed by atoms with Gasteiger partial charge in [-0.05, 0) is 61.1 Å². The molecule has 2 radical (unpaired) electrons. The van der Waals surface area contributed by atoms with Crippen molar-refractivity contribution in [2.24, 2.45) is 0 Å². The van der Waals surface area contributed by atoms with Crippen LogP contribution >= 0.6 is 0 Å². The van der Waals surface area contributed by atoms with Crippen molar-refractivity contribution in [1.29, 1.82) is 0 Å². The van der Waals surface area contributed by atoms with Crippen LogP contribution in [-0.4, -0.2) is 0 Å². The molecule has 1 aromatic carbocycles. The second-order valence-electron chi connectivity index (χ2n) is 3.96. The highest BCUT2D eigenvalue weighted by atomic mass is 14.1. The van der Waals surface area contributed by atoms with Crippen molar-refractivity contribution in [3.05, 3.63) is 34.4 Å². The number of hydrogen-bond acceptors (Lipinski definition) is 0. The van der Waals surface area contributed by atoms with E-state index in [9.17, 15) is 0 Å². The standard InChI is InChI=1S/C14H20/c1-5-7-13-9-11(3)12(4)10-14(13)8-6-2/h5-8H2,1-4H3. The predicted molar refractivity (Wildman–Crippen MR) is 61.6 cm³/mol. The lowest BCUT2D eigenvalue weighted by Crippen LogP contribution is -1.98. The third kappa shape index (κ3) is 2.60. The van der Waals surface area contributed by atoms with E-state index in [1.54, 1.807) is 0 Å². The summed E-state index contributed by atoms with van der Waals surface area (Å²) in [5.41, 5.74) is 5.29. The van der Waals surface area contributed by atoms with E-state index < -0.39 is 0 Å². The van der Waals surface area contributed by atoms with Crippen LogP contribution in [0.15, 0.2) is 0 Å². The zero-order chi connectivity index (χ0) is 10.6. The van der Waals surface area contributed by atoms with Gasteiger partial charge in [-0.25, -0.2) is 0 Å². The zero-order valence-electron chi connectivity index (χ0n) is 9.83.